The lowest BCUT2D eigenvalue weighted by molar-refractivity contribution is -0.187. The number of likely N-dealkylation sites (tertiary alicyclic amines) is 1. The number of imidazole rings is 1. The van der Waals surface area contributed by atoms with E-state index in [0.29, 0.717) is 44.7 Å². The largest absolute Gasteiger partial charge is 0.449 e. The van der Waals surface area contributed by atoms with Crippen molar-refractivity contribution in [2.24, 2.45) is 0 Å². The number of rotatable bonds is 2. The summed E-state index contributed by atoms with van der Waals surface area (Å²) in [5, 5.41) is 0. The molecule has 0 atom stereocenters. The van der Waals surface area contributed by atoms with Gasteiger partial charge < -0.3 is 18.9 Å². The van der Waals surface area contributed by atoms with Crippen LogP contribution in [-0.4, -0.2) is 52.4 Å². The molecule has 2 saturated heterocycles. The van der Waals surface area contributed by atoms with Crippen LogP contribution in [0.3, 0.4) is 0 Å². The maximum absolute atomic E-state index is 13.3. The Hall–Kier alpha value is -2.13. The number of aromatic nitrogens is 2. The van der Waals surface area contributed by atoms with Crippen molar-refractivity contribution in [3.63, 3.8) is 0 Å². The lowest BCUT2D eigenvalue weighted by atomic mass is 10.0. The summed E-state index contributed by atoms with van der Waals surface area (Å²) in [7, 11) is 0. The molecule has 9 heteroatoms. The van der Waals surface area contributed by atoms with Gasteiger partial charge in [-0.25, -0.2) is 4.98 Å². The number of piperidine rings is 1. The zero-order valence-corrected chi connectivity index (χ0v) is 14.0. The summed E-state index contributed by atoms with van der Waals surface area (Å²) in [5.74, 6) is -2.05. The van der Waals surface area contributed by atoms with E-state index in [9.17, 15) is 18.0 Å². The van der Waals surface area contributed by atoms with E-state index in [1.165, 1.54) is 12.1 Å². The Morgan fingerprint density at radius 1 is 1.15 bits per heavy atom. The van der Waals surface area contributed by atoms with Crippen LogP contribution in [0.1, 0.15) is 18.7 Å². The topological polar surface area (TPSA) is 56.6 Å². The molecule has 0 radical (unpaired) electrons. The molecular formula is C17H18F3N3O3. The average Bonchev–Trinajstić information content (AvgIpc) is 3.21. The number of carbonyl (C=O) groups excluding carboxylic acids is 1. The number of para-hydroxylation sites is 2. The highest BCUT2D eigenvalue weighted by Crippen LogP contribution is 2.33. The van der Waals surface area contributed by atoms with Crippen molar-refractivity contribution in [2.45, 2.75) is 31.3 Å². The third kappa shape index (κ3) is 3.05. The van der Waals surface area contributed by atoms with Gasteiger partial charge in [-0.15, -0.1) is 0 Å². The Morgan fingerprint density at radius 2 is 1.81 bits per heavy atom. The maximum Gasteiger partial charge on any atom is 0.449 e. The highest BCUT2D eigenvalue weighted by molar-refractivity contribution is 5.81. The molecule has 2 aliphatic rings. The van der Waals surface area contributed by atoms with E-state index in [1.807, 2.05) is 0 Å². The molecule has 0 aliphatic carbocycles. The number of carbonyl (C=O) groups is 1. The quantitative estimate of drug-likeness (QED) is 0.816. The normalized spacial score (nSPS) is 20.2. The van der Waals surface area contributed by atoms with Crippen molar-refractivity contribution in [1.29, 1.82) is 0 Å². The molecule has 1 aromatic heterocycles. The van der Waals surface area contributed by atoms with Gasteiger partial charge in [0.2, 0.25) is 11.7 Å². The van der Waals surface area contributed by atoms with E-state index in [-0.39, 0.29) is 11.4 Å². The van der Waals surface area contributed by atoms with Crippen molar-refractivity contribution >= 4 is 16.9 Å². The van der Waals surface area contributed by atoms with Gasteiger partial charge in [0.1, 0.15) is 6.54 Å². The van der Waals surface area contributed by atoms with Gasteiger partial charge in [-0.1, -0.05) is 12.1 Å². The van der Waals surface area contributed by atoms with Gasteiger partial charge in [0.05, 0.1) is 24.2 Å². The number of alkyl halides is 3. The zero-order valence-electron chi connectivity index (χ0n) is 14.0. The molecule has 2 fully saturated rings. The summed E-state index contributed by atoms with van der Waals surface area (Å²) in [6.45, 7) is 1.46. The molecule has 140 valence electrons. The lowest BCUT2D eigenvalue weighted by Crippen LogP contribution is -2.48. The Morgan fingerprint density at radius 3 is 2.46 bits per heavy atom. The van der Waals surface area contributed by atoms with Crippen LogP contribution in [0.2, 0.25) is 0 Å². The van der Waals surface area contributed by atoms with Crippen molar-refractivity contribution in [3.05, 3.63) is 30.1 Å². The summed E-state index contributed by atoms with van der Waals surface area (Å²) in [4.78, 5) is 17.8. The van der Waals surface area contributed by atoms with Crippen molar-refractivity contribution in [2.75, 3.05) is 26.3 Å². The van der Waals surface area contributed by atoms with E-state index in [0.717, 1.165) is 4.57 Å². The van der Waals surface area contributed by atoms with Crippen LogP contribution in [0.4, 0.5) is 13.2 Å². The van der Waals surface area contributed by atoms with Gasteiger partial charge in [0, 0.05) is 25.9 Å². The van der Waals surface area contributed by atoms with E-state index in [2.05, 4.69) is 4.98 Å². The molecule has 0 bridgehead atoms. The second-order valence-corrected chi connectivity index (χ2v) is 6.50. The molecule has 0 unspecified atom stereocenters. The number of benzene rings is 1. The summed E-state index contributed by atoms with van der Waals surface area (Å²) in [6.07, 6.45) is -3.58. The van der Waals surface area contributed by atoms with Gasteiger partial charge in [-0.05, 0) is 12.1 Å². The standard InChI is InChI=1S/C17H18F3N3O3/c18-17(19,20)15-21-12-3-1-2-4-13(12)23(15)11-14(24)22-7-5-16(6-8-22)25-9-10-26-16/h1-4H,5-11H2. The van der Waals surface area contributed by atoms with Crippen LogP contribution >= 0.6 is 0 Å². The molecule has 26 heavy (non-hydrogen) atoms. The number of ether oxygens (including phenoxy) is 2. The third-order valence-corrected chi connectivity index (χ3v) is 4.89. The molecule has 2 aromatic rings. The van der Waals surface area contributed by atoms with Gasteiger partial charge in [0.25, 0.3) is 0 Å². The molecule has 3 heterocycles. The van der Waals surface area contributed by atoms with Crippen LogP contribution in [0, 0.1) is 0 Å². The number of fused-ring (bicyclic) bond motifs is 1. The fourth-order valence-corrected chi connectivity index (χ4v) is 3.57. The van der Waals surface area contributed by atoms with E-state index in [4.69, 9.17) is 9.47 Å². The fourth-order valence-electron chi connectivity index (χ4n) is 3.57. The first-order chi connectivity index (χ1) is 12.4. The summed E-state index contributed by atoms with van der Waals surface area (Å²) >= 11 is 0. The van der Waals surface area contributed by atoms with E-state index in [1.54, 1.807) is 17.0 Å². The third-order valence-electron chi connectivity index (χ3n) is 4.89. The van der Waals surface area contributed by atoms with Crippen LogP contribution < -0.4 is 0 Å². The average molecular weight is 369 g/mol. The molecule has 0 N–H and O–H groups in total. The van der Waals surface area contributed by atoms with Crippen LogP contribution in [0.25, 0.3) is 11.0 Å². The lowest BCUT2D eigenvalue weighted by Gasteiger charge is -2.37. The summed E-state index contributed by atoms with van der Waals surface area (Å²) in [6, 6.07) is 6.29. The fraction of sp³-hybridized carbons (Fsp3) is 0.529. The Kier molecular flexibility index (Phi) is 4.15. The second-order valence-electron chi connectivity index (χ2n) is 6.50. The van der Waals surface area contributed by atoms with Crippen LogP contribution in [0.15, 0.2) is 24.3 Å². The Balaban J connectivity index is 1.54. The van der Waals surface area contributed by atoms with Gasteiger partial charge >= 0.3 is 6.18 Å². The molecule has 2 aliphatic heterocycles. The monoisotopic (exact) mass is 369 g/mol. The predicted octanol–water partition coefficient (Wildman–Crippen LogP) is 2.42. The van der Waals surface area contributed by atoms with Crippen molar-refractivity contribution in [3.8, 4) is 0 Å². The highest BCUT2D eigenvalue weighted by Gasteiger charge is 2.42. The molecule has 0 saturated carbocycles. The minimum absolute atomic E-state index is 0.220. The number of hydrogen-bond donors (Lipinski definition) is 0. The smallest absolute Gasteiger partial charge is 0.347 e. The number of nitrogens with zero attached hydrogens (tertiary/aromatic N) is 3. The molecular weight excluding hydrogens is 351 g/mol. The molecule has 1 amide bonds. The molecule has 6 nitrogen and oxygen atoms in total. The number of hydrogen-bond acceptors (Lipinski definition) is 4. The van der Waals surface area contributed by atoms with E-state index >= 15 is 0 Å². The first kappa shape index (κ1) is 17.3. The van der Waals surface area contributed by atoms with Crippen LogP contribution in [-0.2, 0) is 27.0 Å². The van der Waals surface area contributed by atoms with Crippen molar-refractivity contribution < 1.29 is 27.4 Å². The minimum Gasteiger partial charge on any atom is -0.347 e. The summed E-state index contributed by atoms with van der Waals surface area (Å²) in [5.41, 5.74) is 0.516. The SMILES string of the molecule is O=C(Cn1c(C(F)(F)F)nc2ccccc21)N1CCC2(CC1)OCCO2. The maximum atomic E-state index is 13.3. The minimum atomic E-state index is -4.63. The van der Waals surface area contributed by atoms with Gasteiger partial charge in [-0.2, -0.15) is 13.2 Å². The molecule has 1 aromatic carbocycles. The number of amides is 1. The van der Waals surface area contributed by atoms with Crippen LogP contribution in [0.5, 0.6) is 0 Å². The number of halogens is 3. The second kappa shape index (κ2) is 6.24. The van der Waals surface area contributed by atoms with Crippen molar-refractivity contribution in [1.82, 2.24) is 14.5 Å². The molecule has 1 spiro atoms. The first-order valence-electron chi connectivity index (χ1n) is 8.46. The van der Waals surface area contributed by atoms with E-state index < -0.39 is 24.3 Å². The Bertz CT molecular complexity index is 818. The predicted molar refractivity (Wildman–Crippen MR) is 85.2 cm³/mol. The van der Waals surface area contributed by atoms with Gasteiger partial charge in [0.15, 0.2) is 5.79 Å². The molecule has 4 rings (SSSR count). The Labute approximate surface area is 147 Å². The first-order valence-corrected chi connectivity index (χ1v) is 8.46. The highest BCUT2D eigenvalue weighted by atomic mass is 19.4. The summed E-state index contributed by atoms with van der Waals surface area (Å²) < 4.78 is 52.2. The van der Waals surface area contributed by atoms with Gasteiger partial charge in [-0.3, -0.25) is 4.79 Å². The zero-order chi connectivity index (χ0) is 18.4.